The summed E-state index contributed by atoms with van der Waals surface area (Å²) in [5.74, 6) is -0.129. The first-order valence-electron chi connectivity index (χ1n) is 9.94. The molecule has 2 heterocycles. The number of benzene rings is 2. The molecule has 0 aliphatic carbocycles. The van der Waals surface area contributed by atoms with Gasteiger partial charge >= 0.3 is 0 Å². The van der Waals surface area contributed by atoms with Crippen molar-refractivity contribution in [2.75, 3.05) is 11.1 Å². The zero-order valence-corrected chi connectivity index (χ0v) is 19.5. The average Bonchev–Trinajstić information content (AvgIpc) is 3.09. The van der Waals surface area contributed by atoms with Crippen molar-refractivity contribution >= 4 is 50.7 Å². The van der Waals surface area contributed by atoms with Crippen LogP contribution in [0, 0.1) is 13.8 Å². The Hall–Kier alpha value is -3.23. The van der Waals surface area contributed by atoms with Crippen molar-refractivity contribution in [3.8, 4) is 0 Å². The van der Waals surface area contributed by atoms with E-state index in [0.29, 0.717) is 32.2 Å². The normalized spacial score (nSPS) is 11.0. The van der Waals surface area contributed by atoms with Crippen LogP contribution in [-0.2, 0) is 7.05 Å². The van der Waals surface area contributed by atoms with Gasteiger partial charge in [0.05, 0.1) is 11.1 Å². The zero-order valence-electron chi connectivity index (χ0n) is 17.8. The van der Waals surface area contributed by atoms with Crippen LogP contribution in [0.1, 0.15) is 31.2 Å². The van der Waals surface area contributed by atoms with E-state index in [1.807, 2.05) is 19.9 Å². The Morgan fingerprint density at radius 3 is 2.41 bits per heavy atom. The minimum atomic E-state index is -0.207. The third kappa shape index (κ3) is 4.37. The SMILES string of the molecule is Cc1sc2nc(SCC(=O)c3ccc(NC(=O)c4ccccc4)cc3)n(C)c(=O)c2c1C. The van der Waals surface area contributed by atoms with E-state index in [9.17, 15) is 14.4 Å². The highest BCUT2D eigenvalue weighted by atomic mass is 32.2. The average molecular weight is 464 g/mol. The second-order valence-corrected chi connectivity index (χ2v) is 9.48. The Kier molecular flexibility index (Phi) is 6.25. The lowest BCUT2D eigenvalue weighted by atomic mass is 10.1. The number of amides is 1. The maximum atomic E-state index is 12.7. The molecular weight excluding hydrogens is 442 g/mol. The Labute approximate surface area is 193 Å². The fourth-order valence-electron chi connectivity index (χ4n) is 3.23. The maximum absolute atomic E-state index is 12.7. The first kappa shape index (κ1) is 22.0. The van der Waals surface area contributed by atoms with Crippen molar-refractivity contribution in [2.45, 2.75) is 19.0 Å². The van der Waals surface area contributed by atoms with Crippen molar-refractivity contribution in [2.24, 2.45) is 7.05 Å². The summed E-state index contributed by atoms with van der Waals surface area (Å²) in [7, 11) is 1.68. The van der Waals surface area contributed by atoms with Crippen LogP contribution in [0.5, 0.6) is 0 Å². The molecule has 2 aromatic heterocycles. The first-order chi connectivity index (χ1) is 15.3. The minimum absolute atomic E-state index is 0.0798. The van der Waals surface area contributed by atoms with E-state index in [2.05, 4.69) is 10.3 Å². The highest BCUT2D eigenvalue weighted by Gasteiger charge is 2.16. The van der Waals surface area contributed by atoms with Gasteiger partial charge in [-0.3, -0.25) is 19.0 Å². The van der Waals surface area contributed by atoms with E-state index in [0.717, 1.165) is 10.4 Å². The standard InChI is InChI=1S/C24H21N3O3S2/c1-14-15(2)32-22-20(14)23(30)27(3)24(26-22)31-13-19(28)16-9-11-18(12-10-16)25-21(29)17-7-5-4-6-8-17/h4-12H,13H2,1-3H3,(H,25,29). The molecule has 6 nitrogen and oxygen atoms in total. The van der Waals surface area contributed by atoms with Crippen molar-refractivity contribution in [1.82, 2.24) is 9.55 Å². The molecule has 0 aliphatic heterocycles. The lowest BCUT2D eigenvalue weighted by Gasteiger charge is -2.08. The van der Waals surface area contributed by atoms with Gasteiger partial charge in [0.15, 0.2) is 10.9 Å². The van der Waals surface area contributed by atoms with E-state index < -0.39 is 0 Å². The summed E-state index contributed by atoms with van der Waals surface area (Å²) >= 11 is 2.74. The summed E-state index contributed by atoms with van der Waals surface area (Å²) in [6, 6.07) is 15.7. The predicted octanol–water partition coefficient (Wildman–Crippen LogP) is 4.84. The van der Waals surface area contributed by atoms with Crippen molar-refractivity contribution in [3.05, 3.63) is 86.5 Å². The molecule has 0 aliphatic rings. The number of nitrogens with zero attached hydrogens (tertiary/aromatic N) is 2. The van der Waals surface area contributed by atoms with Gasteiger partial charge in [0.2, 0.25) is 0 Å². The smallest absolute Gasteiger partial charge is 0.262 e. The van der Waals surface area contributed by atoms with Crippen LogP contribution in [0.25, 0.3) is 10.2 Å². The molecule has 8 heteroatoms. The number of thioether (sulfide) groups is 1. The first-order valence-corrected chi connectivity index (χ1v) is 11.7. The Balaban J connectivity index is 1.44. The van der Waals surface area contributed by atoms with E-state index in [1.54, 1.807) is 55.6 Å². The van der Waals surface area contributed by atoms with Crippen LogP contribution in [0.4, 0.5) is 5.69 Å². The van der Waals surface area contributed by atoms with Crippen LogP contribution >= 0.6 is 23.1 Å². The van der Waals surface area contributed by atoms with Crippen molar-refractivity contribution in [3.63, 3.8) is 0 Å². The number of carbonyl (C=O) groups is 2. The number of aromatic nitrogens is 2. The predicted molar refractivity (Wildman–Crippen MR) is 130 cm³/mol. The molecule has 0 unspecified atom stereocenters. The molecule has 162 valence electrons. The summed E-state index contributed by atoms with van der Waals surface area (Å²) in [6.07, 6.45) is 0. The van der Waals surface area contributed by atoms with E-state index in [1.165, 1.54) is 27.7 Å². The number of rotatable bonds is 6. The second kappa shape index (κ2) is 9.10. The van der Waals surface area contributed by atoms with Crippen molar-refractivity contribution < 1.29 is 9.59 Å². The molecular formula is C24H21N3O3S2. The number of ketones is 1. The molecule has 2 aromatic carbocycles. The highest BCUT2D eigenvalue weighted by Crippen LogP contribution is 2.28. The summed E-state index contributed by atoms with van der Waals surface area (Å²) < 4.78 is 1.50. The van der Waals surface area contributed by atoms with Gasteiger partial charge in [-0.25, -0.2) is 4.98 Å². The fraction of sp³-hybridized carbons (Fsp3) is 0.167. The fourth-order valence-corrected chi connectivity index (χ4v) is 5.17. The molecule has 4 aromatic rings. The number of hydrogen-bond donors (Lipinski definition) is 1. The van der Waals surface area contributed by atoms with Crippen LogP contribution in [0.3, 0.4) is 0 Å². The summed E-state index contributed by atoms with van der Waals surface area (Å²) in [6.45, 7) is 3.91. The van der Waals surface area contributed by atoms with Crippen molar-refractivity contribution in [1.29, 1.82) is 0 Å². The van der Waals surface area contributed by atoms with Gasteiger partial charge in [-0.15, -0.1) is 11.3 Å². The number of anilines is 1. The molecule has 0 bridgehead atoms. The van der Waals surface area contributed by atoms with E-state index in [-0.39, 0.29) is 23.0 Å². The molecule has 0 atom stereocenters. The number of Topliss-reactive ketones (excluding diaryl/α,β-unsaturated/α-hetero) is 1. The molecule has 1 N–H and O–H groups in total. The molecule has 0 saturated carbocycles. The molecule has 0 spiro atoms. The molecule has 1 amide bonds. The van der Waals surface area contributed by atoms with Gasteiger partial charge in [0, 0.05) is 28.7 Å². The number of thiophene rings is 1. The Morgan fingerprint density at radius 1 is 1.03 bits per heavy atom. The molecule has 0 fully saturated rings. The molecule has 4 rings (SSSR count). The van der Waals surface area contributed by atoms with Gasteiger partial charge in [0.1, 0.15) is 4.83 Å². The van der Waals surface area contributed by atoms with Crippen LogP contribution in [0.2, 0.25) is 0 Å². The monoisotopic (exact) mass is 463 g/mol. The van der Waals surface area contributed by atoms with Crippen LogP contribution in [-0.4, -0.2) is 27.0 Å². The van der Waals surface area contributed by atoms with Gasteiger partial charge in [-0.05, 0) is 55.8 Å². The molecule has 0 saturated heterocycles. The van der Waals surface area contributed by atoms with Gasteiger partial charge < -0.3 is 5.32 Å². The number of fused-ring (bicyclic) bond motifs is 1. The topological polar surface area (TPSA) is 81.1 Å². The maximum Gasteiger partial charge on any atom is 0.262 e. The minimum Gasteiger partial charge on any atom is -0.322 e. The Bertz CT molecular complexity index is 1370. The van der Waals surface area contributed by atoms with Crippen LogP contribution in [0.15, 0.2) is 64.5 Å². The largest absolute Gasteiger partial charge is 0.322 e. The third-order valence-corrected chi connectivity index (χ3v) is 7.33. The third-order valence-electron chi connectivity index (χ3n) is 5.20. The molecule has 0 radical (unpaired) electrons. The van der Waals surface area contributed by atoms with Crippen LogP contribution < -0.4 is 10.9 Å². The molecule has 32 heavy (non-hydrogen) atoms. The lowest BCUT2D eigenvalue weighted by molar-refractivity contribution is 0.101. The zero-order chi connectivity index (χ0) is 22.8. The summed E-state index contributed by atoms with van der Waals surface area (Å²) in [5.41, 5.74) is 2.58. The number of aryl methyl sites for hydroxylation is 2. The van der Waals surface area contributed by atoms with E-state index >= 15 is 0 Å². The Morgan fingerprint density at radius 2 is 1.72 bits per heavy atom. The van der Waals surface area contributed by atoms with Gasteiger partial charge in [-0.2, -0.15) is 0 Å². The number of hydrogen-bond acceptors (Lipinski definition) is 6. The number of nitrogens with one attached hydrogen (secondary N) is 1. The summed E-state index contributed by atoms with van der Waals surface area (Å²) in [5, 5.41) is 3.99. The van der Waals surface area contributed by atoms with E-state index in [4.69, 9.17) is 0 Å². The summed E-state index contributed by atoms with van der Waals surface area (Å²) in [4.78, 5) is 44.0. The highest BCUT2D eigenvalue weighted by molar-refractivity contribution is 7.99. The van der Waals surface area contributed by atoms with Gasteiger partial charge in [0.25, 0.3) is 11.5 Å². The second-order valence-electron chi connectivity index (χ2n) is 7.33. The number of carbonyl (C=O) groups excluding carboxylic acids is 2. The van der Waals surface area contributed by atoms with Gasteiger partial charge in [-0.1, -0.05) is 30.0 Å². The lowest BCUT2D eigenvalue weighted by Crippen LogP contribution is -2.20. The quantitative estimate of drug-likeness (QED) is 0.251.